The van der Waals surface area contributed by atoms with Crippen molar-refractivity contribution in [3.63, 3.8) is 0 Å². The molecule has 0 spiro atoms. The van der Waals surface area contributed by atoms with Crippen LogP contribution in [0, 0.1) is 0 Å². The van der Waals surface area contributed by atoms with Crippen LogP contribution in [0.15, 0.2) is 9.95 Å². The van der Waals surface area contributed by atoms with Crippen LogP contribution in [0.4, 0.5) is 0 Å². The first-order valence-electron chi connectivity index (χ1n) is 5.06. The minimum Gasteiger partial charge on any atom is -0.384 e. The molecule has 6 heteroatoms. The molecule has 0 fully saturated rings. The third-order valence-electron chi connectivity index (χ3n) is 1.98. The predicted molar refractivity (Wildman–Crippen MR) is 60.4 cm³/mol. The molecular weight excluding hydrogens is 214 g/mol. The Kier molecular flexibility index (Phi) is 5.49. The lowest BCUT2D eigenvalue weighted by Crippen LogP contribution is -2.17. The summed E-state index contributed by atoms with van der Waals surface area (Å²) in [7, 11) is 1.66. The van der Waals surface area contributed by atoms with E-state index < -0.39 is 0 Å². The zero-order valence-electron chi connectivity index (χ0n) is 9.15. The van der Waals surface area contributed by atoms with Gasteiger partial charge in [0.2, 0.25) is 0 Å². The highest BCUT2D eigenvalue weighted by atomic mass is 32.2. The molecule has 0 atom stereocenters. The number of hydrogen-bond acceptors (Lipinski definition) is 4. The summed E-state index contributed by atoms with van der Waals surface area (Å²) in [5, 5.41) is 7.20. The van der Waals surface area contributed by atoms with Crippen LogP contribution in [-0.4, -0.2) is 34.2 Å². The van der Waals surface area contributed by atoms with Crippen molar-refractivity contribution in [2.45, 2.75) is 31.5 Å². The Balaban J connectivity index is 2.58. The van der Waals surface area contributed by atoms with E-state index in [0.717, 1.165) is 30.3 Å². The summed E-state index contributed by atoms with van der Waals surface area (Å²) in [4.78, 5) is 11.4. The van der Waals surface area contributed by atoms with Crippen LogP contribution >= 0.6 is 11.8 Å². The second-order valence-electron chi connectivity index (χ2n) is 3.16. The quantitative estimate of drug-likeness (QED) is 0.564. The summed E-state index contributed by atoms with van der Waals surface area (Å²) in [6.45, 7) is 3.50. The molecule has 0 aromatic carbocycles. The minimum atomic E-state index is -0.122. The van der Waals surface area contributed by atoms with E-state index in [0.29, 0.717) is 6.61 Å². The van der Waals surface area contributed by atoms with Gasteiger partial charge in [0.1, 0.15) is 0 Å². The van der Waals surface area contributed by atoms with Crippen LogP contribution in [0.3, 0.4) is 0 Å². The normalized spacial score (nSPS) is 10.8. The molecule has 1 N–H and O–H groups in total. The van der Waals surface area contributed by atoms with Crippen LogP contribution < -0.4 is 5.69 Å². The third kappa shape index (κ3) is 3.71. The van der Waals surface area contributed by atoms with Gasteiger partial charge in [-0.2, -0.15) is 0 Å². The molecule has 1 aromatic heterocycles. The van der Waals surface area contributed by atoms with E-state index in [1.807, 2.05) is 0 Å². The fourth-order valence-electron chi connectivity index (χ4n) is 1.14. The lowest BCUT2D eigenvalue weighted by Gasteiger charge is -2.03. The minimum absolute atomic E-state index is 0.122. The lowest BCUT2D eigenvalue weighted by molar-refractivity contribution is 0.218. The molecule has 0 amide bonds. The van der Waals surface area contributed by atoms with Crippen LogP contribution in [0.25, 0.3) is 0 Å². The van der Waals surface area contributed by atoms with E-state index in [2.05, 4.69) is 17.1 Å². The largest absolute Gasteiger partial charge is 0.384 e. The number of thioether (sulfide) groups is 1. The maximum Gasteiger partial charge on any atom is 0.343 e. The van der Waals surface area contributed by atoms with Gasteiger partial charge in [0.25, 0.3) is 0 Å². The van der Waals surface area contributed by atoms with Gasteiger partial charge in [-0.05, 0) is 6.42 Å². The Bertz CT molecular complexity index is 334. The Morgan fingerprint density at radius 3 is 3.07 bits per heavy atom. The number of H-pyrrole nitrogens is 1. The molecular formula is C9H17N3O2S. The Morgan fingerprint density at radius 2 is 2.40 bits per heavy atom. The summed E-state index contributed by atoms with van der Waals surface area (Å²) >= 11 is 1.54. The monoisotopic (exact) mass is 231 g/mol. The number of ether oxygens (including phenoxy) is 1. The summed E-state index contributed by atoms with van der Waals surface area (Å²) in [6, 6.07) is 0. The number of nitrogens with zero attached hydrogens (tertiary/aromatic N) is 2. The highest BCUT2D eigenvalue weighted by Gasteiger charge is 2.07. The Morgan fingerprint density at radius 1 is 1.60 bits per heavy atom. The number of nitrogens with one attached hydrogen (secondary N) is 1. The number of methoxy groups -OCH3 is 1. The average molecular weight is 231 g/mol. The van der Waals surface area contributed by atoms with Gasteiger partial charge in [-0.1, -0.05) is 25.1 Å². The fraction of sp³-hybridized carbons (Fsp3) is 0.778. The molecule has 15 heavy (non-hydrogen) atoms. The van der Waals surface area contributed by atoms with E-state index in [1.54, 1.807) is 11.7 Å². The highest BCUT2D eigenvalue weighted by molar-refractivity contribution is 7.99. The van der Waals surface area contributed by atoms with Crippen LogP contribution in [0.2, 0.25) is 0 Å². The fourth-order valence-corrected chi connectivity index (χ4v) is 2.02. The third-order valence-corrected chi connectivity index (χ3v) is 2.92. The standard InChI is InChI=1S/C9H17N3O2S/c1-3-4-5-12-8(13)10-11-9(12)15-7-6-14-2/h3-7H2,1-2H3,(H,10,13). The Labute approximate surface area is 93.2 Å². The summed E-state index contributed by atoms with van der Waals surface area (Å²) in [5.41, 5.74) is -0.122. The topological polar surface area (TPSA) is 59.9 Å². The summed E-state index contributed by atoms with van der Waals surface area (Å²) in [5.74, 6) is 0.812. The number of aromatic amines is 1. The van der Waals surface area contributed by atoms with Crippen molar-refractivity contribution < 1.29 is 4.74 Å². The van der Waals surface area contributed by atoms with Crippen molar-refractivity contribution in [3.8, 4) is 0 Å². The maximum absolute atomic E-state index is 11.4. The molecule has 86 valence electrons. The molecule has 0 saturated carbocycles. The molecule has 0 aliphatic carbocycles. The van der Waals surface area contributed by atoms with Crippen molar-refractivity contribution in [1.82, 2.24) is 14.8 Å². The summed E-state index contributed by atoms with van der Waals surface area (Å²) in [6.07, 6.45) is 2.07. The van der Waals surface area contributed by atoms with Gasteiger partial charge in [-0.3, -0.25) is 4.57 Å². The van der Waals surface area contributed by atoms with Crippen molar-refractivity contribution in [3.05, 3.63) is 10.5 Å². The molecule has 0 bridgehead atoms. The number of hydrogen-bond donors (Lipinski definition) is 1. The van der Waals surface area contributed by atoms with Gasteiger partial charge in [-0.15, -0.1) is 5.10 Å². The molecule has 0 aliphatic heterocycles. The molecule has 1 rings (SSSR count). The van der Waals surface area contributed by atoms with E-state index in [-0.39, 0.29) is 5.69 Å². The van der Waals surface area contributed by atoms with Crippen molar-refractivity contribution in [2.24, 2.45) is 0 Å². The zero-order chi connectivity index (χ0) is 11.1. The second kappa shape index (κ2) is 6.68. The smallest absolute Gasteiger partial charge is 0.343 e. The van der Waals surface area contributed by atoms with Crippen molar-refractivity contribution in [2.75, 3.05) is 19.5 Å². The van der Waals surface area contributed by atoms with Crippen molar-refractivity contribution >= 4 is 11.8 Å². The van der Waals surface area contributed by atoms with Gasteiger partial charge < -0.3 is 4.74 Å². The molecule has 0 aliphatic rings. The average Bonchev–Trinajstić information content (AvgIpc) is 2.58. The first-order valence-corrected chi connectivity index (χ1v) is 6.05. The number of unbranched alkanes of at least 4 members (excludes halogenated alkanes) is 1. The van der Waals surface area contributed by atoms with Crippen molar-refractivity contribution in [1.29, 1.82) is 0 Å². The molecule has 0 radical (unpaired) electrons. The van der Waals surface area contributed by atoms with E-state index in [9.17, 15) is 4.79 Å². The summed E-state index contributed by atoms with van der Waals surface area (Å²) < 4.78 is 6.63. The highest BCUT2D eigenvalue weighted by Crippen LogP contribution is 2.12. The van der Waals surface area contributed by atoms with E-state index in [1.165, 1.54) is 11.8 Å². The van der Waals surface area contributed by atoms with Gasteiger partial charge in [-0.25, -0.2) is 9.89 Å². The van der Waals surface area contributed by atoms with E-state index in [4.69, 9.17) is 4.74 Å². The van der Waals surface area contributed by atoms with Crippen LogP contribution in [-0.2, 0) is 11.3 Å². The van der Waals surface area contributed by atoms with E-state index >= 15 is 0 Å². The molecule has 0 unspecified atom stereocenters. The lowest BCUT2D eigenvalue weighted by atomic mass is 10.3. The molecule has 1 aromatic rings. The predicted octanol–water partition coefficient (Wildman–Crippen LogP) is 1.11. The number of rotatable bonds is 7. The molecule has 1 heterocycles. The van der Waals surface area contributed by atoms with Gasteiger partial charge >= 0.3 is 5.69 Å². The van der Waals surface area contributed by atoms with Gasteiger partial charge in [0, 0.05) is 19.4 Å². The maximum atomic E-state index is 11.4. The zero-order valence-corrected chi connectivity index (χ0v) is 9.97. The molecule has 5 nitrogen and oxygen atoms in total. The first kappa shape index (κ1) is 12.3. The Hall–Kier alpha value is -0.750. The van der Waals surface area contributed by atoms with Gasteiger partial charge in [0.05, 0.1) is 6.61 Å². The second-order valence-corrected chi connectivity index (χ2v) is 4.22. The van der Waals surface area contributed by atoms with Gasteiger partial charge in [0.15, 0.2) is 5.16 Å². The first-order chi connectivity index (χ1) is 7.29. The van der Waals surface area contributed by atoms with Crippen LogP contribution in [0.1, 0.15) is 19.8 Å². The SMILES string of the molecule is CCCCn1c(SCCOC)n[nH]c1=O. The molecule has 0 saturated heterocycles. The van der Waals surface area contributed by atoms with Crippen LogP contribution in [0.5, 0.6) is 0 Å². The number of aromatic nitrogens is 3.